The molecule has 1 aliphatic heterocycles. The van der Waals surface area contributed by atoms with Gasteiger partial charge in [0.1, 0.15) is 0 Å². The van der Waals surface area contributed by atoms with Gasteiger partial charge in [-0.05, 0) is 70.1 Å². The van der Waals surface area contributed by atoms with Gasteiger partial charge in [-0.25, -0.2) is 14.2 Å². The van der Waals surface area contributed by atoms with Crippen molar-refractivity contribution in [1.29, 1.82) is 0 Å². The highest BCUT2D eigenvalue weighted by atomic mass is 19.1. The van der Waals surface area contributed by atoms with Crippen molar-refractivity contribution in [2.24, 2.45) is 5.41 Å². The molecule has 1 saturated heterocycles. The highest BCUT2D eigenvalue weighted by Crippen LogP contribution is 2.43. The second-order valence-electron chi connectivity index (χ2n) is 12.7. The molecule has 2 aromatic heterocycles. The van der Waals surface area contributed by atoms with Crippen molar-refractivity contribution in [3.63, 3.8) is 0 Å². The second kappa shape index (κ2) is 12.1. The van der Waals surface area contributed by atoms with Crippen LogP contribution in [0.25, 0.3) is 11.1 Å². The summed E-state index contributed by atoms with van der Waals surface area (Å²) >= 11 is 0. The van der Waals surface area contributed by atoms with E-state index in [-0.39, 0.29) is 11.3 Å². The fraction of sp³-hybridized carbons (Fsp3) is 0.485. The molecular formula is C33H42FN3O4. The number of anilines is 1. The fourth-order valence-corrected chi connectivity index (χ4v) is 5.22. The third kappa shape index (κ3) is 7.41. The number of hydrogen-bond acceptors (Lipinski definition) is 6. The summed E-state index contributed by atoms with van der Waals surface area (Å²) in [5, 5.41) is 10.3. The molecule has 0 spiro atoms. The number of rotatable bonds is 9. The van der Waals surface area contributed by atoms with Crippen molar-refractivity contribution in [2.75, 3.05) is 24.6 Å². The first kappa shape index (κ1) is 30.4. The Morgan fingerprint density at radius 1 is 1.12 bits per heavy atom. The van der Waals surface area contributed by atoms with Crippen molar-refractivity contribution < 1.29 is 23.8 Å². The number of pyridine rings is 2. The van der Waals surface area contributed by atoms with Crippen molar-refractivity contribution in [1.82, 2.24) is 9.97 Å². The molecule has 1 fully saturated rings. The molecule has 0 radical (unpaired) electrons. The summed E-state index contributed by atoms with van der Waals surface area (Å²) in [7, 11) is 0. The average molecular weight is 564 g/mol. The quantitative estimate of drug-likeness (QED) is 0.298. The molecule has 0 saturated carbocycles. The molecule has 1 aliphatic rings. The lowest BCUT2D eigenvalue weighted by Crippen LogP contribution is -2.39. The molecule has 7 nitrogen and oxygen atoms in total. The van der Waals surface area contributed by atoms with Gasteiger partial charge in [0.25, 0.3) is 0 Å². The zero-order valence-electron chi connectivity index (χ0n) is 25.3. The number of ether oxygens (including phenoxy) is 2. The number of aliphatic carboxylic acids is 1. The zero-order valence-corrected chi connectivity index (χ0v) is 25.3. The predicted octanol–water partition coefficient (Wildman–Crippen LogP) is 7.09. The third-order valence-electron chi connectivity index (χ3n) is 7.67. The molecule has 41 heavy (non-hydrogen) atoms. The van der Waals surface area contributed by atoms with Crippen molar-refractivity contribution in [3.05, 3.63) is 70.9 Å². The highest BCUT2D eigenvalue weighted by molar-refractivity contribution is 5.86. The summed E-state index contributed by atoms with van der Waals surface area (Å²) in [4.78, 5) is 23.7. The Labute approximate surface area is 242 Å². The summed E-state index contributed by atoms with van der Waals surface area (Å²) in [6.45, 7) is 15.6. The van der Waals surface area contributed by atoms with Gasteiger partial charge >= 0.3 is 5.97 Å². The van der Waals surface area contributed by atoms with Crippen LogP contribution < -0.4 is 9.64 Å². The van der Waals surface area contributed by atoms with Gasteiger partial charge in [0, 0.05) is 54.3 Å². The molecule has 3 aromatic rings. The third-order valence-corrected chi connectivity index (χ3v) is 7.67. The molecule has 1 aromatic carbocycles. The lowest BCUT2D eigenvalue weighted by atomic mass is 9.82. The molecule has 4 rings (SSSR count). The van der Waals surface area contributed by atoms with Crippen molar-refractivity contribution in [3.8, 4) is 17.0 Å². The van der Waals surface area contributed by atoms with E-state index < -0.39 is 23.5 Å². The summed E-state index contributed by atoms with van der Waals surface area (Å²) in [6.07, 6.45) is 4.52. The first-order valence-electron chi connectivity index (χ1n) is 14.2. The molecule has 220 valence electrons. The van der Waals surface area contributed by atoms with E-state index in [0.717, 1.165) is 37.1 Å². The van der Waals surface area contributed by atoms with E-state index in [9.17, 15) is 9.90 Å². The standard InChI is InChI=1S/C33H42FN3O4/c1-21-10-8-9-11-23(21)12-17-40-30-26(34)18-24(19-36-30)25-20-35-22(2)27(29(31(38)39)41-32(3,4)5)28(25)37-15-13-33(6,7)14-16-37/h8-11,18-20,29H,12-17H2,1-7H3,(H,38,39)/t29-/m0/s1. The number of carboxylic acids is 1. The van der Waals surface area contributed by atoms with E-state index in [4.69, 9.17) is 9.47 Å². The maximum atomic E-state index is 15.4. The molecule has 0 bridgehead atoms. The van der Waals surface area contributed by atoms with Crippen molar-refractivity contribution in [2.45, 2.75) is 79.4 Å². The van der Waals surface area contributed by atoms with Crippen LogP contribution in [0, 0.1) is 25.1 Å². The van der Waals surface area contributed by atoms with Gasteiger partial charge in [-0.1, -0.05) is 38.1 Å². The lowest BCUT2D eigenvalue weighted by molar-refractivity contribution is -0.160. The predicted molar refractivity (Wildman–Crippen MR) is 159 cm³/mol. The minimum absolute atomic E-state index is 0.0663. The Balaban J connectivity index is 1.72. The number of aromatic nitrogens is 2. The second-order valence-corrected chi connectivity index (χ2v) is 12.7. The number of carboxylic acid groups (broad SMARTS) is 1. The van der Waals surface area contributed by atoms with Gasteiger partial charge in [0.2, 0.25) is 5.88 Å². The number of halogens is 1. The van der Waals surface area contributed by atoms with Gasteiger partial charge < -0.3 is 19.5 Å². The Morgan fingerprint density at radius 3 is 2.41 bits per heavy atom. The van der Waals surface area contributed by atoms with E-state index in [2.05, 4.69) is 28.7 Å². The first-order valence-corrected chi connectivity index (χ1v) is 14.2. The number of nitrogens with zero attached hydrogens (tertiary/aromatic N) is 3. The molecule has 8 heteroatoms. The minimum Gasteiger partial charge on any atom is -0.479 e. The molecule has 0 aliphatic carbocycles. The number of aryl methyl sites for hydroxylation is 2. The lowest BCUT2D eigenvalue weighted by Gasteiger charge is -2.40. The Bertz CT molecular complexity index is 1390. The first-order chi connectivity index (χ1) is 19.3. The topological polar surface area (TPSA) is 84.8 Å². The van der Waals surface area contributed by atoms with Crippen LogP contribution in [0.3, 0.4) is 0 Å². The Hall–Kier alpha value is -3.52. The Morgan fingerprint density at radius 2 is 1.80 bits per heavy atom. The van der Waals surface area contributed by atoms with Crippen LogP contribution in [0.4, 0.5) is 10.1 Å². The van der Waals surface area contributed by atoms with Gasteiger partial charge in [-0.3, -0.25) is 4.98 Å². The SMILES string of the molecule is Cc1ccccc1CCOc1ncc(-c2cnc(C)c([C@H](OC(C)(C)C)C(=O)O)c2N2CCC(C)(C)CC2)cc1F. The summed E-state index contributed by atoms with van der Waals surface area (Å²) in [6, 6.07) is 9.42. The average Bonchev–Trinajstić information content (AvgIpc) is 2.89. The molecule has 1 N–H and O–H groups in total. The number of hydrogen-bond donors (Lipinski definition) is 1. The van der Waals surface area contributed by atoms with Gasteiger partial charge in [-0.15, -0.1) is 0 Å². The van der Waals surface area contributed by atoms with Crippen molar-refractivity contribution >= 4 is 11.7 Å². The monoisotopic (exact) mass is 563 g/mol. The Kier molecular flexibility index (Phi) is 9.02. The molecule has 0 amide bonds. The maximum absolute atomic E-state index is 15.4. The van der Waals surface area contributed by atoms with Crippen LogP contribution in [-0.4, -0.2) is 46.3 Å². The molecule has 1 atom stereocenters. The van der Waals surface area contributed by atoms with Gasteiger partial charge in [0.15, 0.2) is 11.9 Å². The van der Waals surface area contributed by atoms with Crippen LogP contribution >= 0.6 is 0 Å². The van der Waals surface area contributed by atoms with Crippen LogP contribution in [0.15, 0.2) is 42.7 Å². The van der Waals surface area contributed by atoms with E-state index in [1.165, 1.54) is 6.07 Å². The van der Waals surface area contributed by atoms with Crippen LogP contribution in [-0.2, 0) is 16.0 Å². The molecule has 3 heterocycles. The largest absolute Gasteiger partial charge is 0.479 e. The van der Waals surface area contributed by atoms with E-state index in [1.807, 2.05) is 52.0 Å². The summed E-state index contributed by atoms with van der Waals surface area (Å²) in [5.41, 5.74) is 4.65. The minimum atomic E-state index is -1.24. The van der Waals surface area contributed by atoms with Crippen LogP contribution in [0.2, 0.25) is 0 Å². The maximum Gasteiger partial charge on any atom is 0.337 e. The van der Waals surface area contributed by atoms with E-state index >= 15 is 4.39 Å². The van der Waals surface area contributed by atoms with E-state index in [1.54, 1.807) is 19.3 Å². The normalized spacial score (nSPS) is 16.0. The highest BCUT2D eigenvalue weighted by Gasteiger charge is 2.36. The summed E-state index contributed by atoms with van der Waals surface area (Å²) in [5.74, 6) is -1.74. The zero-order chi connectivity index (χ0) is 29.9. The van der Waals surface area contributed by atoms with Crippen LogP contribution in [0.1, 0.15) is 75.9 Å². The molecular weight excluding hydrogens is 521 g/mol. The number of carbonyl (C=O) groups is 1. The molecule has 0 unspecified atom stereocenters. The van der Waals surface area contributed by atoms with Crippen LogP contribution in [0.5, 0.6) is 5.88 Å². The number of piperidine rings is 1. The smallest absolute Gasteiger partial charge is 0.337 e. The van der Waals surface area contributed by atoms with E-state index in [0.29, 0.717) is 41.1 Å². The summed E-state index contributed by atoms with van der Waals surface area (Å²) < 4.78 is 27.2. The van der Waals surface area contributed by atoms with Gasteiger partial charge in [-0.2, -0.15) is 0 Å². The fourth-order valence-electron chi connectivity index (χ4n) is 5.22. The number of benzene rings is 1. The van der Waals surface area contributed by atoms with Gasteiger partial charge in [0.05, 0.1) is 17.9 Å².